The highest BCUT2D eigenvalue weighted by molar-refractivity contribution is 5.95. The van der Waals surface area contributed by atoms with Crippen LogP contribution in [0.5, 0.6) is 5.88 Å². The fourth-order valence-electron chi connectivity index (χ4n) is 2.15. The smallest absolute Gasteiger partial charge is 0.255 e. The fourth-order valence-corrected chi connectivity index (χ4v) is 2.15. The first kappa shape index (κ1) is 11.3. The summed E-state index contributed by atoms with van der Waals surface area (Å²) in [6.07, 6.45) is 1.15. The summed E-state index contributed by atoms with van der Waals surface area (Å²) >= 11 is 0. The van der Waals surface area contributed by atoms with Gasteiger partial charge in [-0.05, 0) is 6.07 Å². The summed E-state index contributed by atoms with van der Waals surface area (Å²) in [6.45, 7) is 2.21. The van der Waals surface area contributed by atoms with Gasteiger partial charge in [-0.1, -0.05) is 0 Å². The maximum absolute atomic E-state index is 12.1. The maximum Gasteiger partial charge on any atom is 0.255 e. The summed E-state index contributed by atoms with van der Waals surface area (Å²) < 4.78 is 5.43. The Hall–Kier alpha value is -1.82. The van der Waals surface area contributed by atoms with Gasteiger partial charge in [0.2, 0.25) is 5.88 Å². The van der Waals surface area contributed by atoms with Crippen LogP contribution >= 0.6 is 0 Å². The van der Waals surface area contributed by atoms with Crippen molar-refractivity contribution in [3.63, 3.8) is 0 Å². The van der Waals surface area contributed by atoms with Crippen molar-refractivity contribution in [3.05, 3.63) is 17.8 Å². The molecule has 0 aliphatic carbocycles. The molecule has 1 aromatic heterocycles. The Morgan fingerprint density at radius 1 is 1.56 bits per heavy atom. The molecule has 6 heteroatoms. The third kappa shape index (κ3) is 1.78. The number of pyridine rings is 1. The Kier molecular flexibility index (Phi) is 2.59. The van der Waals surface area contributed by atoms with E-state index in [1.54, 1.807) is 11.0 Å². The number of likely N-dealkylation sites (tertiary alicyclic amines) is 1. The van der Waals surface area contributed by atoms with E-state index in [0.717, 1.165) is 12.2 Å². The first-order valence-electron chi connectivity index (χ1n) is 5.96. The van der Waals surface area contributed by atoms with Gasteiger partial charge in [-0.3, -0.25) is 4.79 Å². The van der Waals surface area contributed by atoms with Crippen LogP contribution in [0.4, 0.5) is 5.69 Å². The number of fused-ring (bicyclic) bond motifs is 1. The number of rotatable bonds is 1. The van der Waals surface area contributed by atoms with Crippen LogP contribution in [0.3, 0.4) is 0 Å². The molecule has 1 fully saturated rings. The zero-order valence-electron chi connectivity index (χ0n) is 10.2. The number of likely N-dealkylation sites (N-methyl/N-ethyl adjacent to an activating group) is 1. The van der Waals surface area contributed by atoms with Crippen molar-refractivity contribution in [2.24, 2.45) is 0 Å². The molecule has 0 unspecified atom stereocenters. The number of nitrogens with zero attached hydrogens (tertiary/aromatic N) is 3. The van der Waals surface area contributed by atoms with Crippen molar-refractivity contribution in [3.8, 4) is 5.88 Å². The topological polar surface area (TPSA) is 65.9 Å². The number of hydrogen-bond acceptors (Lipinski definition) is 5. The lowest BCUT2D eigenvalue weighted by Gasteiger charge is -2.36. The van der Waals surface area contributed by atoms with E-state index in [2.05, 4.69) is 4.98 Å². The number of aliphatic hydroxyl groups excluding tert-OH is 1. The van der Waals surface area contributed by atoms with Crippen molar-refractivity contribution < 1.29 is 14.6 Å². The average Bonchev–Trinajstić information content (AvgIpc) is 2.34. The first-order valence-corrected chi connectivity index (χ1v) is 5.96. The summed E-state index contributed by atoms with van der Waals surface area (Å²) in [4.78, 5) is 19.9. The van der Waals surface area contributed by atoms with Gasteiger partial charge in [0.25, 0.3) is 5.91 Å². The quantitative estimate of drug-likeness (QED) is 0.742. The second kappa shape index (κ2) is 4.13. The molecule has 0 radical (unpaired) electrons. The van der Waals surface area contributed by atoms with Crippen LogP contribution < -0.4 is 9.64 Å². The highest BCUT2D eigenvalue weighted by Crippen LogP contribution is 2.29. The second-order valence-electron chi connectivity index (χ2n) is 4.68. The van der Waals surface area contributed by atoms with E-state index in [4.69, 9.17) is 4.74 Å². The minimum Gasteiger partial charge on any atom is -0.474 e. The molecule has 0 bridgehead atoms. The van der Waals surface area contributed by atoms with Gasteiger partial charge >= 0.3 is 0 Å². The Bertz CT molecular complexity index is 485. The predicted molar refractivity (Wildman–Crippen MR) is 64.9 cm³/mol. The molecule has 1 aromatic rings. The number of carbonyl (C=O) groups is 1. The Morgan fingerprint density at radius 2 is 2.33 bits per heavy atom. The minimum absolute atomic E-state index is 0.0884. The normalized spacial score (nSPS) is 19.0. The molecule has 0 saturated carbocycles. The Balaban J connectivity index is 1.85. The van der Waals surface area contributed by atoms with Crippen molar-refractivity contribution in [2.45, 2.75) is 6.10 Å². The van der Waals surface area contributed by atoms with Crippen LogP contribution in [0.15, 0.2) is 12.3 Å². The number of carbonyl (C=O) groups excluding carboxylic acids is 1. The summed E-state index contributed by atoms with van der Waals surface area (Å²) in [5, 5.41) is 9.21. The molecule has 96 valence electrons. The van der Waals surface area contributed by atoms with Gasteiger partial charge in [0.05, 0.1) is 18.2 Å². The number of β-amino-alcohol motifs (C(OH)–C–C–N with tert-alkyl or cyclic N) is 1. The second-order valence-corrected chi connectivity index (χ2v) is 4.68. The summed E-state index contributed by atoms with van der Waals surface area (Å²) in [5.41, 5.74) is 1.38. The molecule has 2 aliphatic rings. The number of hydrogen-bond donors (Lipinski definition) is 1. The maximum atomic E-state index is 12.1. The van der Waals surface area contributed by atoms with Crippen LogP contribution in [0.1, 0.15) is 10.4 Å². The SMILES string of the molecule is CN1CCOc2ncc(C(=O)N3CC(O)C3)cc21. The van der Waals surface area contributed by atoms with Crippen LogP contribution in [0.25, 0.3) is 0 Å². The van der Waals surface area contributed by atoms with E-state index < -0.39 is 0 Å². The number of ether oxygens (including phenoxy) is 1. The van der Waals surface area contributed by atoms with Crippen molar-refractivity contribution >= 4 is 11.6 Å². The van der Waals surface area contributed by atoms with Crippen LogP contribution in [-0.4, -0.2) is 60.3 Å². The molecule has 3 heterocycles. The number of aliphatic hydroxyl groups is 1. The van der Waals surface area contributed by atoms with E-state index in [9.17, 15) is 9.90 Å². The average molecular weight is 249 g/mol. The molecule has 1 N–H and O–H groups in total. The lowest BCUT2D eigenvalue weighted by Crippen LogP contribution is -2.53. The van der Waals surface area contributed by atoms with E-state index in [0.29, 0.717) is 31.1 Å². The Labute approximate surface area is 105 Å². The third-order valence-electron chi connectivity index (χ3n) is 3.31. The lowest BCUT2D eigenvalue weighted by molar-refractivity contribution is 0.00586. The monoisotopic (exact) mass is 249 g/mol. The molecule has 0 atom stereocenters. The highest BCUT2D eigenvalue weighted by atomic mass is 16.5. The van der Waals surface area contributed by atoms with Gasteiger partial charge in [-0.2, -0.15) is 0 Å². The van der Waals surface area contributed by atoms with Gasteiger partial charge in [0.15, 0.2) is 0 Å². The zero-order chi connectivity index (χ0) is 12.7. The highest BCUT2D eigenvalue weighted by Gasteiger charge is 2.30. The summed E-state index contributed by atoms with van der Waals surface area (Å²) in [6, 6.07) is 1.80. The molecule has 2 aliphatic heterocycles. The number of amides is 1. The summed E-state index contributed by atoms with van der Waals surface area (Å²) in [7, 11) is 1.95. The van der Waals surface area contributed by atoms with Gasteiger partial charge in [0.1, 0.15) is 12.3 Å². The minimum atomic E-state index is -0.384. The van der Waals surface area contributed by atoms with Crippen molar-refractivity contribution in [1.82, 2.24) is 9.88 Å². The van der Waals surface area contributed by atoms with E-state index in [1.807, 2.05) is 11.9 Å². The molecular weight excluding hydrogens is 234 g/mol. The molecule has 3 rings (SSSR count). The van der Waals surface area contributed by atoms with E-state index in [1.165, 1.54) is 6.20 Å². The molecular formula is C12H15N3O3. The van der Waals surface area contributed by atoms with E-state index >= 15 is 0 Å². The molecule has 0 aromatic carbocycles. The lowest BCUT2D eigenvalue weighted by atomic mass is 10.1. The van der Waals surface area contributed by atoms with Crippen LogP contribution in [0, 0.1) is 0 Å². The first-order chi connectivity index (χ1) is 8.65. The van der Waals surface area contributed by atoms with Crippen LogP contribution in [-0.2, 0) is 0 Å². The Morgan fingerprint density at radius 3 is 3.06 bits per heavy atom. The predicted octanol–water partition coefficient (Wildman–Crippen LogP) is -0.273. The van der Waals surface area contributed by atoms with Gasteiger partial charge in [0, 0.05) is 26.3 Å². The number of aromatic nitrogens is 1. The standard InChI is InChI=1S/C12H15N3O3/c1-14-2-3-18-11-10(14)4-8(5-13-11)12(17)15-6-9(16)7-15/h4-5,9,16H,2-3,6-7H2,1H3. The zero-order valence-corrected chi connectivity index (χ0v) is 10.2. The van der Waals surface area contributed by atoms with Crippen LogP contribution in [0.2, 0.25) is 0 Å². The molecule has 1 saturated heterocycles. The largest absolute Gasteiger partial charge is 0.474 e. The van der Waals surface area contributed by atoms with Crippen molar-refractivity contribution in [2.75, 3.05) is 38.2 Å². The summed E-state index contributed by atoms with van der Waals surface area (Å²) in [5.74, 6) is 0.485. The molecule has 0 spiro atoms. The molecule has 18 heavy (non-hydrogen) atoms. The van der Waals surface area contributed by atoms with Gasteiger partial charge < -0.3 is 19.6 Å². The van der Waals surface area contributed by atoms with E-state index in [-0.39, 0.29) is 12.0 Å². The molecule has 6 nitrogen and oxygen atoms in total. The fraction of sp³-hybridized carbons (Fsp3) is 0.500. The third-order valence-corrected chi connectivity index (χ3v) is 3.31. The number of anilines is 1. The molecule has 1 amide bonds. The van der Waals surface area contributed by atoms with Gasteiger partial charge in [-0.15, -0.1) is 0 Å². The van der Waals surface area contributed by atoms with Crippen molar-refractivity contribution in [1.29, 1.82) is 0 Å². The van der Waals surface area contributed by atoms with Gasteiger partial charge in [-0.25, -0.2) is 4.98 Å².